The van der Waals surface area contributed by atoms with Crippen molar-refractivity contribution in [3.8, 4) is 22.8 Å². The molecule has 0 aliphatic carbocycles. The number of aromatic amines is 1. The van der Waals surface area contributed by atoms with Crippen LogP contribution in [0.3, 0.4) is 0 Å². The molecule has 2 heterocycles. The normalized spacial score (nSPS) is 14.0. The third-order valence-electron chi connectivity index (χ3n) is 3.59. The van der Waals surface area contributed by atoms with Gasteiger partial charge in [-0.15, -0.1) is 0 Å². The molecule has 0 unspecified atom stereocenters. The van der Waals surface area contributed by atoms with Crippen LogP contribution in [-0.4, -0.2) is 24.0 Å². The molecule has 0 bridgehead atoms. The predicted octanol–water partition coefficient (Wildman–Crippen LogP) is 2.03. The van der Waals surface area contributed by atoms with Gasteiger partial charge >= 0.3 is 0 Å². The standard InChI is InChI=1S/C18H17NO3/c1-4-5-14-11(2)19-18(17(14)12(3)20)13-6-7-15-16(10-13)22-9-8-21-15/h4-7,10,19H,1-2,8-9H2,3H3/b14-5+. The second kappa shape index (κ2) is 5.56. The van der Waals surface area contributed by atoms with E-state index in [0.717, 1.165) is 22.2 Å². The van der Waals surface area contributed by atoms with Gasteiger partial charge < -0.3 is 14.5 Å². The fourth-order valence-electron chi connectivity index (χ4n) is 2.65. The zero-order valence-electron chi connectivity index (χ0n) is 12.4. The van der Waals surface area contributed by atoms with Gasteiger partial charge in [0.25, 0.3) is 0 Å². The monoisotopic (exact) mass is 295 g/mol. The number of nitrogens with one attached hydrogen (secondary N) is 1. The Morgan fingerprint density at radius 3 is 2.68 bits per heavy atom. The van der Waals surface area contributed by atoms with Crippen molar-refractivity contribution in [2.45, 2.75) is 6.92 Å². The minimum Gasteiger partial charge on any atom is -0.486 e. The van der Waals surface area contributed by atoms with E-state index in [1.54, 1.807) is 19.1 Å². The van der Waals surface area contributed by atoms with Crippen LogP contribution < -0.4 is 20.0 Å². The molecule has 0 radical (unpaired) electrons. The third kappa shape index (κ3) is 2.33. The van der Waals surface area contributed by atoms with Gasteiger partial charge in [0.05, 0.1) is 11.3 Å². The number of fused-ring (bicyclic) bond motifs is 1. The summed E-state index contributed by atoms with van der Waals surface area (Å²) >= 11 is 0. The van der Waals surface area contributed by atoms with Gasteiger partial charge in [0.2, 0.25) is 0 Å². The molecule has 0 saturated carbocycles. The molecule has 112 valence electrons. The molecule has 1 N–H and O–H groups in total. The summed E-state index contributed by atoms with van der Waals surface area (Å²) < 4.78 is 11.1. The van der Waals surface area contributed by atoms with E-state index in [1.807, 2.05) is 18.2 Å². The van der Waals surface area contributed by atoms with Gasteiger partial charge in [-0.05, 0) is 25.1 Å². The molecule has 2 aromatic rings. The van der Waals surface area contributed by atoms with Crippen molar-refractivity contribution in [3.63, 3.8) is 0 Å². The molecule has 0 fully saturated rings. The van der Waals surface area contributed by atoms with Crippen LogP contribution in [0.1, 0.15) is 17.3 Å². The smallest absolute Gasteiger partial charge is 0.162 e. The molecule has 4 heteroatoms. The number of ether oxygens (including phenoxy) is 2. The lowest BCUT2D eigenvalue weighted by molar-refractivity contribution is 0.101. The number of carbonyl (C=O) groups excluding carboxylic acids is 1. The summed E-state index contributed by atoms with van der Waals surface area (Å²) in [6.45, 7) is 10.3. The largest absolute Gasteiger partial charge is 0.486 e. The van der Waals surface area contributed by atoms with Crippen LogP contribution in [0, 0.1) is 0 Å². The maximum Gasteiger partial charge on any atom is 0.162 e. The number of aromatic nitrogens is 1. The number of allylic oxidation sites excluding steroid dienone is 1. The van der Waals surface area contributed by atoms with Gasteiger partial charge in [-0.2, -0.15) is 0 Å². The Balaban J connectivity index is 2.23. The number of carbonyl (C=O) groups is 1. The highest BCUT2D eigenvalue weighted by Crippen LogP contribution is 2.34. The van der Waals surface area contributed by atoms with Crippen LogP contribution in [-0.2, 0) is 0 Å². The second-order valence-electron chi connectivity index (χ2n) is 5.08. The van der Waals surface area contributed by atoms with Crippen LogP contribution in [0.2, 0.25) is 0 Å². The quantitative estimate of drug-likeness (QED) is 0.882. The van der Waals surface area contributed by atoms with Crippen molar-refractivity contribution in [3.05, 3.63) is 47.0 Å². The van der Waals surface area contributed by atoms with Gasteiger partial charge in [-0.1, -0.05) is 25.3 Å². The van der Waals surface area contributed by atoms with E-state index < -0.39 is 0 Å². The fraction of sp³-hybridized carbons (Fsp3) is 0.167. The van der Waals surface area contributed by atoms with Crippen molar-refractivity contribution in [1.29, 1.82) is 0 Å². The van der Waals surface area contributed by atoms with Gasteiger partial charge in [0.1, 0.15) is 13.2 Å². The van der Waals surface area contributed by atoms with Crippen LogP contribution >= 0.6 is 0 Å². The zero-order valence-corrected chi connectivity index (χ0v) is 12.4. The topological polar surface area (TPSA) is 51.3 Å². The lowest BCUT2D eigenvalue weighted by Crippen LogP contribution is -2.24. The van der Waals surface area contributed by atoms with Gasteiger partial charge in [-0.25, -0.2) is 0 Å². The summed E-state index contributed by atoms with van der Waals surface area (Å²) in [5.41, 5.74) is 2.22. The Hall–Kier alpha value is -2.75. The molecule has 22 heavy (non-hydrogen) atoms. The molecule has 0 amide bonds. The van der Waals surface area contributed by atoms with E-state index >= 15 is 0 Å². The first-order valence-corrected chi connectivity index (χ1v) is 7.06. The van der Waals surface area contributed by atoms with Gasteiger partial charge in [-0.3, -0.25) is 4.79 Å². The molecular weight excluding hydrogens is 278 g/mol. The number of H-pyrrole nitrogens is 1. The van der Waals surface area contributed by atoms with E-state index in [2.05, 4.69) is 18.1 Å². The van der Waals surface area contributed by atoms with Crippen LogP contribution in [0.25, 0.3) is 23.9 Å². The third-order valence-corrected chi connectivity index (χ3v) is 3.59. The fourth-order valence-corrected chi connectivity index (χ4v) is 2.65. The Morgan fingerprint density at radius 2 is 2.00 bits per heavy atom. The minimum atomic E-state index is -0.0239. The molecule has 3 rings (SSSR count). The summed E-state index contributed by atoms with van der Waals surface area (Å²) in [5, 5.41) is 1.46. The van der Waals surface area contributed by atoms with Crippen molar-refractivity contribution in [2.24, 2.45) is 0 Å². The van der Waals surface area contributed by atoms with Crippen molar-refractivity contribution in [2.75, 3.05) is 13.2 Å². The maximum atomic E-state index is 12.1. The highest BCUT2D eigenvalue weighted by atomic mass is 16.6. The Kier molecular flexibility index (Phi) is 3.59. The summed E-state index contributed by atoms with van der Waals surface area (Å²) in [5.74, 6) is 1.38. The average molecular weight is 295 g/mol. The second-order valence-corrected chi connectivity index (χ2v) is 5.08. The molecule has 0 atom stereocenters. The predicted molar refractivity (Wildman–Crippen MR) is 86.7 cm³/mol. The van der Waals surface area contributed by atoms with Gasteiger partial charge in [0, 0.05) is 16.1 Å². The van der Waals surface area contributed by atoms with Crippen LogP contribution in [0.5, 0.6) is 11.5 Å². The number of benzene rings is 1. The van der Waals surface area contributed by atoms with E-state index in [4.69, 9.17) is 9.47 Å². The molecule has 1 aromatic heterocycles. The first kappa shape index (κ1) is 14.2. The molecule has 0 saturated heterocycles. The van der Waals surface area contributed by atoms with E-state index in [1.165, 1.54) is 0 Å². The van der Waals surface area contributed by atoms with Crippen molar-refractivity contribution >= 4 is 18.4 Å². The average Bonchev–Trinajstić information content (AvgIpc) is 2.84. The van der Waals surface area contributed by atoms with E-state index in [-0.39, 0.29) is 5.78 Å². The molecule has 1 aliphatic heterocycles. The summed E-state index contributed by atoms with van der Waals surface area (Å²) in [7, 11) is 0. The van der Waals surface area contributed by atoms with E-state index in [9.17, 15) is 4.79 Å². The first-order valence-electron chi connectivity index (χ1n) is 7.06. The highest BCUT2D eigenvalue weighted by molar-refractivity contribution is 6.00. The number of ketones is 1. The van der Waals surface area contributed by atoms with Crippen molar-refractivity contribution < 1.29 is 14.3 Å². The summed E-state index contributed by atoms with van der Waals surface area (Å²) in [4.78, 5) is 15.3. The number of Topliss-reactive ketones (excluding diaryl/α,β-unsaturated/α-hetero) is 1. The van der Waals surface area contributed by atoms with Gasteiger partial charge in [0.15, 0.2) is 17.3 Å². The molecule has 1 aromatic carbocycles. The molecule has 0 spiro atoms. The number of hydrogen-bond donors (Lipinski definition) is 1. The summed E-state index contributed by atoms with van der Waals surface area (Å²) in [6, 6.07) is 5.64. The minimum absolute atomic E-state index is 0.0239. The Labute approximate surface area is 128 Å². The maximum absolute atomic E-state index is 12.1. The van der Waals surface area contributed by atoms with Crippen LogP contribution in [0.15, 0.2) is 30.9 Å². The lowest BCUT2D eigenvalue weighted by Gasteiger charge is -2.18. The summed E-state index contributed by atoms with van der Waals surface area (Å²) in [6.07, 6.45) is 3.44. The first-order chi connectivity index (χ1) is 10.6. The highest BCUT2D eigenvalue weighted by Gasteiger charge is 2.17. The molecule has 1 aliphatic rings. The SMILES string of the molecule is C=C/C=c1/c(C(C)=O)c(-c2ccc3c(c2)OCCO3)[nH]c1=C. The number of rotatable bonds is 3. The zero-order chi connectivity index (χ0) is 15.7. The molecule has 4 nitrogen and oxygen atoms in total. The van der Waals surface area contributed by atoms with Crippen LogP contribution in [0.4, 0.5) is 0 Å². The number of hydrogen-bond acceptors (Lipinski definition) is 3. The van der Waals surface area contributed by atoms with Crippen molar-refractivity contribution in [1.82, 2.24) is 4.98 Å². The molecular formula is C18H17NO3. The lowest BCUT2D eigenvalue weighted by atomic mass is 10.0. The Morgan fingerprint density at radius 1 is 1.27 bits per heavy atom. The van der Waals surface area contributed by atoms with E-state index in [0.29, 0.717) is 29.9 Å². The Bertz CT molecular complexity index is 861.